The van der Waals surface area contributed by atoms with Gasteiger partial charge in [-0.05, 0) is 41.7 Å². The summed E-state index contributed by atoms with van der Waals surface area (Å²) in [5.74, 6) is 0.320. The van der Waals surface area contributed by atoms with Gasteiger partial charge >= 0.3 is 0 Å². The van der Waals surface area contributed by atoms with Crippen LogP contribution in [-0.4, -0.2) is 0 Å². The minimum Gasteiger partial charge on any atom is -0.398 e. The predicted octanol–water partition coefficient (Wildman–Crippen LogP) is 4.27. The maximum atomic E-state index is 13.0. The van der Waals surface area contributed by atoms with Gasteiger partial charge < -0.3 is 5.73 Å². The molecule has 0 amide bonds. The van der Waals surface area contributed by atoms with Gasteiger partial charge in [-0.1, -0.05) is 38.1 Å². The highest BCUT2D eigenvalue weighted by Gasteiger charge is 2.05. The summed E-state index contributed by atoms with van der Waals surface area (Å²) in [6.45, 7) is 4.39. The van der Waals surface area contributed by atoms with Crippen LogP contribution >= 0.6 is 0 Å². The summed E-state index contributed by atoms with van der Waals surface area (Å²) in [6.07, 6.45) is 1.04. The van der Waals surface area contributed by atoms with Crippen molar-refractivity contribution < 1.29 is 4.39 Å². The molecule has 2 N–H and O–H groups in total. The second kappa shape index (κ2) is 5.21. The average Bonchev–Trinajstić information content (AvgIpc) is 2.28. The monoisotopic (exact) mass is 243 g/mol. The van der Waals surface area contributed by atoms with Gasteiger partial charge in [-0.2, -0.15) is 0 Å². The molecule has 0 heterocycles. The van der Waals surface area contributed by atoms with Crippen molar-refractivity contribution in [2.75, 3.05) is 5.73 Å². The number of benzene rings is 2. The van der Waals surface area contributed by atoms with E-state index < -0.39 is 0 Å². The second-order valence-electron chi connectivity index (χ2n) is 5.03. The van der Waals surface area contributed by atoms with Crippen LogP contribution in [0, 0.1) is 11.7 Å². The van der Waals surface area contributed by atoms with Gasteiger partial charge in [-0.25, -0.2) is 4.39 Å². The fourth-order valence-corrected chi connectivity index (χ4v) is 2.13. The number of hydrogen-bond acceptors (Lipinski definition) is 1. The Balaban J connectivity index is 2.38. The maximum absolute atomic E-state index is 13.0. The molecule has 0 aliphatic rings. The normalized spacial score (nSPS) is 10.9. The summed E-state index contributed by atoms with van der Waals surface area (Å²) < 4.78 is 13.0. The van der Waals surface area contributed by atoms with E-state index >= 15 is 0 Å². The molecule has 1 nitrogen and oxygen atoms in total. The molecule has 0 saturated heterocycles. The van der Waals surface area contributed by atoms with Crippen molar-refractivity contribution in [2.24, 2.45) is 5.92 Å². The molecule has 0 unspecified atom stereocenters. The lowest BCUT2D eigenvalue weighted by molar-refractivity contribution is 0.628. The van der Waals surface area contributed by atoms with Gasteiger partial charge in [0.15, 0.2) is 0 Å². The van der Waals surface area contributed by atoms with Crippen molar-refractivity contribution in [3.05, 3.63) is 53.8 Å². The van der Waals surface area contributed by atoms with Crippen LogP contribution in [-0.2, 0) is 6.42 Å². The van der Waals surface area contributed by atoms with Crippen LogP contribution in [0.4, 0.5) is 10.1 Å². The van der Waals surface area contributed by atoms with E-state index in [0.717, 1.165) is 17.5 Å². The van der Waals surface area contributed by atoms with Gasteiger partial charge in [0.05, 0.1) is 0 Å². The molecule has 2 heteroatoms. The van der Waals surface area contributed by atoms with E-state index in [0.29, 0.717) is 11.6 Å². The Morgan fingerprint density at radius 3 is 2.56 bits per heavy atom. The van der Waals surface area contributed by atoms with Crippen LogP contribution in [0.25, 0.3) is 11.1 Å². The van der Waals surface area contributed by atoms with Crippen molar-refractivity contribution >= 4 is 5.69 Å². The number of hydrogen-bond donors (Lipinski definition) is 1. The number of nitrogen functional groups attached to an aromatic ring is 1. The van der Waals surface area contributed by atoms with E-state index in [1.807, 2.05) is 12.1 Å². The van der Waals surface area contributed by atoms with Gasteiger partial charge in [0, 0.05) is 11.3 Å². The Morgan fingerprint density at radius 2 is 1.89 bits per heavy atom. The van der Waals surface area contributed by atoms with Crippen molar-refractivity contribution in [1.82, 2.24) is 0 Å². The molecule has 0 atom stereocenters. The first kappa shape index (κ1) is 12.6. The molecule has 2 aromatic carbocycles. The van der Waals surface area contributed by atoms with Crippen molar-refractivity contribution in [3.63, 3.8) is 0 Å². The SMILES string of the molecule is CC(C)Cc1cccc(-c2ccc(F)cc2N)c1. The maximum Gasteiger partial charge on any atom is 0.125 e. The third kappa shape index (κ3) is 2.89. The minimum absolute atomic E-state index is 0.297. The molecule has 0 radical (unpaired) electrons. The lowest BCUT2D eigenvalue weighted by Crippen LogP contribution is -1.95. The zero-order chi connectivity index (χ0) is 13.1. The zero-order valence-electron chi connectivity index (χ0n) is 10.8. The van der Waals surface area contributed by atoms with E-state index in [-0.39, 0.29) is 5.82 Å². The molecule has 94 valence electrons. The van der Waals surface area contributed by atoms with Crippen molar-refractivity contribution in [1.29, 1.82) is 0 Å². The van der Waals surface area contributed by atoms with E-state index in [4.69, 9.17) is 5.73 Å². The predicted molar refractivity (Wildman–Crippen MR) is 74.8 cm³/mol. The number of rotatable bonds is 3. The van der Waals surface area contributed by atoms with Crippen LogP contribution in [0.15, 0.2) is 42.5 Å². The zero-order valence-corrected chi connectivity index (χ0v) is 10.8. The van der Waals surface area contributed by atoms with Crippen molar-refractivity contribution in [2.45, 2.75) is 20.3 Å². The van der Waals surface area contributed by atoms with Gasteiger partial charge in [-0.3, -0.25) is 0 Å². The highest BCUT2D eigenvalue weighted by atomic mass is 19.1. The molecule has 2 aromatic rings. The molecular weight excluding hydrogens is 225 g/mol. The molecule has 0 fully saturated rings. The first-order chi connectivity index (χ1) is 8.56. The van der Waals surface area contributed by atoms with E-state index in [1.54, 1.807) is 6.07 Å². The largest absolute Gasteiger partial charge is 0.398 e. The molecule has 0 bridgehead atoms. The Kier molecular flexibility index (Phi) is 3.66. The van der Waals surface area contributed by atoms with Gasteiger partial charge in [-0.15, -0.1) is 0 Å². The molecule has 2 rings (SSSR count). The number of halogens is 1. The lowest BCUT2D eigenvalue weighted by Gasteiger charge is -2.09. The van der Waals surface area contributed by atoms with Crippen LogP contribution in [0.2, 0.25) is 0 Å². The summed E-state index contributed by atoms with van der Waals surface area (Å²) in [5, 5.41) is 0. The average molecular weight is 243 g/mol. The van der Waals surface area contributed by atoms with Crippen LogP contribution in [0.5, 0.6) is 0 Å². The number of anilines is 1. The summed E-state index contributed by atoms with van der Waals surface area (Å²) >= 11 is 0. The molecular formula is C16H18FN. The smallest absolute Gasteiger partial charge is 0.125 e. The van der Waals surface area contributed by atoms with Gasteiger partial charge in [0.2, 0.25) is 0 Å². The molecule has 0 saturated carbocycles. The molecule has 0 aromatic heterocycles. The van der Waals surface area contributed by atoms with Crippen LogP contribution in [0.3, 0.4) is 0 Å². The first-order valence-electron chi connectivity index (χ1n) is 6.20. The Labute approximate surface area is 107 Å². The minimum atomic E-state index is -0.297. The third-order valence-electron chi connectivity index (χ3n) is 2.90. The van der Waals surface area contributed by atoms with Crippen LogP contribution in [0.1, 0.15) is 19.4 Å². The van der Waals surface area contributed by atoms with E-state index in [9.17, 15) is 4.39 Å². The van der Waals surface area contributed by atoms with E-state index in [2.05, 4.69) is 26.0 Å². The van der Waals surface area contributed by atoms with Crippen molar-refractivity contribution in [3.8, 4) is 11.1 Å². The molecule has 0 aliphatic carbocycles. The fraction of sp³-hybridized carbons (Fsp3) is 0.250. The lowest BCUT2D eigenvalue weighted by atomic mass is 9.97. The molecule has 0 spiro atoms. The standard InChI is InChI=1S/C16H18FN/c1-11(2)8-12-4-3-5-13(9-12)15-7-6-14(17)10-16(15)18/h3-7,9-11H,8,18H2,1-2H3. The van der Waals surface area contributed by atoms with Gasteiger partial charge in [0.25, 0.3) is 0 Å². The second-order valence-corrected chi connectivity index (χ2v) is 5.03. The molecule has 18 heavy (non-hydrogen) atoms. The summed E-state index contributed by atoms with van der Waals surface area (Å²) in [5.41, 5.74) is 9.57. The molecule has 0 aliphatic heterocycles. The first-order valence-corrected chi connectivity index (χ1v) is 6.20. The fourth-order valence-electron chi connectivity index (χ4n) is 2.13. The highest BCUT2D eigenvalue weighted by Crippen LogP contribution is 2.27. The third-order valence-corrected chi connectivity index (χ3v) is 2.90. The quantitative estimate of drug-likeness (QED) is 0.800. The highest BCUT2D eigenvalue weighted by molar-refractivity contribution is 5.76. The summed E-state index contributed by atoms with van der Waals surface area (Å²) in [4.78, 5) is 0. The summed E-state index contributed by atoms with van der Waals surface area (Å²) in [7, 11) is 0. The Bertz CT molecular complexity index is 547. The topological polar surface area (TPSA) is 26.0 Å². The van der Waals surface area contributed by atoms with Crippen LogP contribution < -0.4 is 5.73 Å². The number of nitrogens with two attached hydrogens (primary N) is 1. The summed E-state index contributed by atoms with van der Waals surface area (Å²) in [6, 6.07) is 12.8. The Hall–Kier alpha value is -1.83. The van der Waals surface area contributed by atoms with E-state index in [1.165, 1.54) is 17.7 Å². The Morgan fingerprint density at radius 1 is 1.11 bits per heavy atom. The van der Waals surface area contributed by atoms with Gasteiger partial charge in [0.1, 0.15) is 5.82 Å².